The summed E-state index contributed by atoms with van der Waals surface area (Å²) in [7, 11) is -2.13. The molecule has 12 amide bonds. The van der Waals surface area contributed by atoms with Crippen molar-refractivity contribution in [3.63, 3.8) is 0 Å². The first-order valence-corrected chi connectivity index (χ1v) is 57.7. The van der Waals surface area contributed by atoms with Gasteiger partial charge < -0.3 is 61.9 Å². The number of oxime groups is 1. The van der Waals surface area contributed by atoms with E-state index in [1.165, 1.54) is 34.8 Å². The van der Waals surface area contributed by atoms with Crippen LogP contribution in [0.25, 0.3) is 0 Å². The Balaban J connectivity index is 0.000000123. The fraction of sp³-hybridized carbons (Fsp3) is 0.553. The SMILES string of the molecule is C.C#C[Si](C)(C)C.C[Si](C)(C)c1cc([C@@H]2CC3(CC3)[C@@H]3CN2C(=O)N3OCc2ccccc2)no1.O=C1N(O)[C@H]2CN1[C@H](c1ccon1)CC21CC1.O=C1N2C[C@H](N1OCc1ccccc1)C1(CC1)C[C@H]2/C=N/O.O=C1N2C[C@H](N1OCc1ccccc1)C1(CC1)C[C@H]2c1ccon1.O=C1N2C[C@H](N1OS(=O)(=O)O)C1(CC1)C[C@H]2c1ccon1.O=C1N2C[C@H](N1OS(=O)(=O)O)C1(CC1)C[C@H]2c1ccon1.[B][B][B].[Cs+].[F-]. The van der Waals surface area contributed by atoms with E-state index in [9.17, 15) is 50.8 Å². The summed E-state index contributed by atoms with van der Waals surface area (Å²) in [6.07, 6.45) is 30.1. The molecule has 18 aliphatic rings. The maximum atomic E-state index is 13.2. The smallest absolute Gasteiger partial charge is 1.00 e. The number of carbonyl (C=O) groups excluding carboxylic acids is 6. The van der Waals surface area contributed by atoms with E-state index >= 15 is 0 Å². The van der Waals surface area contributed by atoms with Gasteiger partial charge in [0.25, 0.3) is 0 Å². The summed E-state index contributed by atoms with van der Waals surface area (Å²) in [5, 5.41) is 50.3. The molecule has 8 aromatic rings. The Labute approximate surface area is 903 Å². The minimum Gasteiger partial charge on any atom is -1.00 e. The monoisotopic (exact) mass is 2190 g/mol. The first-order valence-electron chi connectivity index (χ1n) is 48.0. The summed E-state index contributed by atoms with van der Waals surface area (Å²) in [5.74, 6) is 0. The topological polar surface area (TPSA) is 479 Å². The van der Waals surface area contributed by atoms with Crippen LogP contribution in [0.15, 0.2) is 174 Å². The standard InChI is InChI=1S/C21H27N3O3Si.C18H19N3O3.C16H19N3O3.2C11H13N3O6S.C11H13N3O3.C5H10Si.CH4.B3.Cs.FH/c1-28(2,3)19-11-16(22-27-19)17-12-21(9-10-21)18-13-23(17)20(25)24(18)26-14-15-7-5-4-6-8-15;22-17-20-11-16(21(17)24-12-13-4-2-1-3-5-13)18(7-8-18)10-15(20)14-6-9-23-19-14;20-15-18-10-14(16(6-7-16)8-13(18)9-17-21)19(15)22-11-12-4-2-1-3-5-12;2*15-10-13-6-9(14(10)20-21(16,17)18)11(2-3-11)5-8(13)7-1-4-19-12-7;15-10-13-6-9(14(10)16)11(2-3-11)5-8(13)7-1-4-17-12-7;1-5-6(2,3)4;;1-3-2;;/h4-8,11,17-18H,9-10,12-14H2,1-3H3;1-6,9,15-16H,7-8,10-12H2;1-5,9,13-14,21H,6-8,10-11H2;2*1,4,8-9H,2-3,5-6H2,(H,16,17,18);1,4,8-9,16H,2-3,5-6H2;1H,2-4H3;1H4;;;1H/q;;;;;;;;;+1;/p-1/b;;17-9+;;;;;;;;/t17-,18-;15-,16-;13-,14-;3*8-,9-;;;;;/m000000...../s1. The van der Waals surface area contributed by atoms with Gasteiger partial charge in [0.15, 0.2) is 0 Å². The number of nitrogens with zero attached hydrogens (tertiary/aromatic N) is 18. The van der Waals surface area contributed by atoms with Crippen molar-refractivity contribution >= 4 is 107 Å². The number of hydrogen-bond acceptors (Lipinski definition) is 28. The summed E-state index contributed by atoms with van der Waals surface area (Å²) in [6.45, 7) is 17.8. The quantitative estimate of drug-likeness (QED) is 0.0114. The van der Waals surface area contributed by atoms with Crippen LogP contribution in [-0.2, 0) is 63.7 Å². The third kappa shape index (κ3) is 22.4. The number of carbonyl (C=O) groups is 6. The molecule has 5 aromatic heterocycles. The largest absolute Gasteiger partial charge is 1.00 e. The molecule has 765 valence electrons. The van der Waals surface area contributed by atoms with Crippen LogP contribution in [0.2, 0.25) is 39.3 Å². The number of rotatable bonds is 20. The number of benzene rings is 3. The van der Waals surface area contributed by atoms with Gasteiger partial charge in [0, 0.05) is 92.1 Å². The molecule has 6 aliphatic carbocycles. The van der Waals surface area contributed by atoms with E-state index in [1.807, 2.05) is 107 Å². The van der Waals surface area contributed by atoms with Gasteiger partial charge in [-0.15, -0.1) is 20.5 Å². The van der Waals surface area contributed by atoms with Gasteiger partial charge in [-0.25, -0.2) is 33.8 Å². The Morgan fingerprint density at radius 1 is 0.434 bits per heavy atom. The van der Waals surface area contributed by atoms with Gasteiger partial charge in [-0.2, -0.15) is 42.2 Å². The average Bonchev–Trinajstić information content (AvgIpc) is 1.35. The zero-order valence-corrected chi connectivity index (χ0v) is 90.9. The zero-order chi connectivity index (χ0) is 100. The number of aromatic nitrogens is 5. The van der Waals surface area contributed by atoms with Crippen molar-refractivity contribution in [1.82, 2.24) is 85.6 Å². The molecule has 12 saturated heterocycles. The summed E-state index contributed by atoms with van der Waals surface area (Å²) in [5.41, 5.74) is 10.0. The maximum Gasteiger partial charge on any atom is 1.00 e. The summed E-state index contributed by atoms with van der Waals surface area (Å²) >= 11 is 0. The van der Waals surface area contributed by atoms with Crippen molar-refractivity contribution in [2.75, 3.05) is 39.3 Å². The molecule has 17 heterocycles. The number of halogens is 1. The van der Waals surface area contributed by atoms with Crippen LogP contribution in [0.3, 0.4) is 0 Å². The van der Waals surface area contributed by atoms with Gasteiger partial charge in [-0.3, -0.25) is 28.8 Å². The fourth-order valence-corrected chi connectivity index (χ4v) is 24.4. The summed E-state index contributed by atoms with van der Waals surface area (Å²) < 4.78 is 95.7. The van der Waals surface area contributed by atoms with E-state index in [0.717, 1.165) is 164 Å². The second-order valence-electron chi connectivity index (χ2n) is 42.4. The van der Waals surface area contributed by atoms with E-state index in [2.05, 4.69) is 106 Å². The van der Waals surface area contributed by atoms with E-state index in [-0.39, 0.29) is 210 Å². The number of hydrogen-bond donors (Lipinski definition) is 4. The minimum absolute atomic E-state index is 0. The Hall–Kier alpha value is -9.45. The fourth-order valence-electron chi connectivity index (χ4n) is 22.7. The molecule has 6 spiro atoms. The zero-order valence-electron chi connectivity index (χ0n) is 81.0. The second kappa shape index (κ2) is 42.5. The van der Waals surface area contributed by atoms with Crippen LogP contribution < -0.4 is 79.0 Å². The predicted octanol–water partition coefficient (Wildman–Crippen LogP) is 6.93. The number of amides is 12. The van der Waals surface area contributed by atoms with Crippen molar-refractivity contribution in [3.05, 3.63) is 192 Å². The molecule has 12 aliphatic heterocycles. The Morgan fingerprint density at radius 2 is 0.697 bits per heavy atom. The Kier molecular flexibility index (Phi) is 31.8. The summed E-state index contributed by atoms with van der Waals surface area (Å²) in [4.78, 5) is 104. The molecular weight excluding hydrogens is 2070 g/mol. The van der Waals surface area contributed by atoms with Gasteiger partial charge in [0.2, 0.25) is 0 Å². The van der Waals surface area contributed by atoms with Crippen LogP contribution in [0.5, 0.6) is 0 Å². The van der Waals surface area contributed by atoms with Gasteiger partial charge in [0.1, 0.15) is 94.9 Å². The molecule has 12 bridgehead atoms. The van der Waals surface area contributed by atoms with Crippen molar-refractivity contribution in [2.24, 2.45) is 37.6 Å². The van der Waals surface area contributed by atoms with E-state index in [0.29, 0.717) is 83.3 Å². The molecule has 18 fully saturated rings. The van der Waals surface area contributed by atoms with Crippen LogP contribution >= 0.6 is 0 Å². The van der Waals surface area contributed by atoms with Crippen LogP contribution in [0.1, 0.15) is 198 Å². The van der Waals surface area contributed by atoms with Crippen molar-refractivity contribution in [1.29, 1.82) is 0 Å². The molecule has 145 heavy (non-hydrogen) atoms. The van der Waals surface area contributed by atoms with Crippen LogP contribution in [0.4, 0.5) is 28.8 Å². The van der Waals surface area contributed by atoms with Gasteiger partial charge >= 0.3 is 126 Å². The first-order chi connectivity index (χ1) is 67.9. The molecule has 3 aromatic carbocycles. The number of fused-ring (bicyclic) bond motifs is 18. The average molecular weight is 2190 g/mol. The van der Waals surface area contributed by atoms with Crippen LogP contribution in [0, 0.1) is 44.5 Å². The number of terminal acetylenes is 1. The molecule has 42 nitrogen and oxygen atoms in total. The van der Waals surface area contributed by atoms with Gasteiger partial charge in [-0.05, 0) is 165 Å². The number of piperidine rings is 6. The Bertz CT molecular complexity index is 6070. The van der Waals surface area contributed by atoms with Crippen LogP contribution in [-0.4, -0.2) is 285 Å². The third-order valence-corrected chi connectivity index (χ3v) is 34.8. The molecule has 5 radical (unpaired) electrons. The molecule has 6 saturated carbocycles. The van der Waals surface area contributed by atoms with Crippen molar-refractivity contribution < 1.29 is 184 Å². The number of hydroxylamine groups is 12. The number of urea groups is 6. The van der Waals surface area contributed by atoms with Crippen molar-refractivity contribution in [3.8, 4) is 12.0 Å². The molecule has 4 N–H and O–H groups in total. The molecule has 12 atom stereocenters. The molecule has 51 heteroatoms. The third-order valence-electron chi connectivity index (χ3n) is 31.5. The predicted molar refractivity (Wildman–Crippen MR) is 514 cm³/mol. The van der Waals surface area contributed by atoms with E-state index < -0.39 is 49.0 Å². The second-order valence-corrected chi connectivity index (χ2v) is 54.2. The first kappa shape index (κ1) is 108. The van der Waals surface area contributed by atoms with Crippen molar-refractivity contribution in [2.45, 2.75) is 255 Å². The molecule has 26 rings (SSSR count). The van der Waals surface area contributed by atoms with Gasteiger partial charge in [0.05, 0.1) is 78.7 Å². The van der Waals surface area contributed by atoms with E-state index in [4.69, 9.17) is 57.9 Å². The Morgan fingerprint density at radius 3 is 0.966 bits per heavy atom. The molecule has 0 unspecified atom stereocenters. The normalized spacial score (nSPS) is 27.0. The molecular formula is C94H118B3CsFN18O24S2Si2. The van der Waals surface area contributed by atoms with Gasteiger partial charge in [-0.1, -0.05) is 169 Å². The minimum atomic E-state index is -4.73. The maximum absolute atomic E-state index is 13.2. The summed E-state index contributed by atoms with van der Waals surface area (Å²) in [6, 6.07) is 36.3. The van der Waals surface area contributed by atoms with E-state index in [1.54, 1.807) is 49.5 Å².